The lowest BCUT2D eigenvalue weighted by molar-refractivity contribution is -0.122. The van der Waals surface area contributed by atoms with E-state index in [1.54, 1.807) is 6.92 Å². The number of carbonyl (C=O) groups is 1. The average Bonchev–Trinajstić information content (AvgIpc) is 2.30. The second kappa shape index (κ2) is 3.17. The van der Waals surface area contributed by atoms with Crippen LogP contribution in [0.2, 0.25) is 0 Å². The van der Waals surface area contributed by atoms with Crippen LogP contribution in [0, 0.1) is 0 Å². The van der Waals surface area contributed by atoms with Crippen LogP contribution in [0.1, 0.15) is 40.5 Å². The minimum Gasteiger partial charge on any atom is -0.298 e. The molecule has 2 heteroatoms. The molecule has 0 saturated carbocycles. The summed E-state index contributed by atoms with van der Waals surface area (Å²) >= 11 is 0. The second-order valence-electron chi connectivity index (χ2n) is 4.63. The molecule has 0 radical (unpaired) electrons. The molecule has 0 aromatic carbocycles. The van der Waals surface area contributed by atoms with E-state index in [2.05, 4.69) is 25.7 Å². The average molecular weight is 169 g/mol. The summed E-state index contributed by atoms with van der Waals surface area (Å²) in [4.78, 5) is 13.6. The molecule has 70 valence electrons. The first-order chi connectivity index (χ1) is 5.43. The van der Waals surface area contributed by atoms with Crippen molar-refractivity contribution in [3.8, 4) is 0 Å². The van der Waals surface area contributed by atoms with Crippen LogP contribution >= 0.6 is 0 Å². The fourth-order valence-electron chi connectivity index (χ4n) is 1.99. The van der Waals surface area contributed by atoms with Crippen LogP contribution in [0.5, 0.6) is 0 Å². The Balaban J connectivity index is 2.71. The van der Waals surface area contributed by atoms with Gasteiger partial charge in [0.05, 0.1) is 6.04 Å². The van der Waals surface area contributed by atoms with Crippen molar-refractivity contribution >= 4 is 5.78 Å². The first kappa shape index (κ1) is 9.72. The molecule has 1 rings (SSSR count). The predicted octanol–water partition coefficient (Wildman–Crippen LogP) is 1.84. The molecular formula is C10H19NO. The Labute approximate surface area is 74.9 Å². The summed E-state index contributed by atoms with van der Waals surface area (Å²) in [7, 11) is 0. The normalized spacial score (nSPS) is 26.2. The quantitative estimate of drug-likeness (QED) is 0.597. The summed E-state index contributed by atoms with van der Waals surface area (Å²) < 4.78 is 0. The molecular weight excluding hydrogens is 150 g/mol. The molecule has 0 aromatic rings. The third-order valence-electron chi connectivity index (χ3n) is 2.58. The molecule has 0 spiro atoms. The highest BCUT2D eigenvalue weighted by molar-refractivity contribution is 5.81. The largest absolute Gasteiger partial charge is 0.298 e. The van der Waals surface area contributed by atoms with E-state index >= 15 is 0 Å². The first-order valence-electron chi connectivity index (χ1n) is 4.70. The molecule has 1 atom stereocenters. The number of rotatable bonds is 1. The Morgan fingerprint density at radius 1 is 1.42 bits per heavy atom. The number of Topliss-reactive ketones (excluding diaryl/α,β-unsaturated/α-hetero) is 1. The Bertz CT molecular complexity index is 181. The lowest BCUT2D eigenvalue weighted by Gasteiger charge is -2.35. The summed E-state index contributed by atoms with van der Waals surface area (Å²) in [5.41, 5.74) is 0.146. The molecule has 0 aromatic heterocycles. The summed E-state index contributed by atoms with van der Waals surface area (Å²) in [6, 6.07) is 0.185. The zero-order valence-electron chi connectivity index (χ0n) is 8.55. The van der Waals surface area contributed by atoms with Crippen LogP contribution in [0.3, 0.4) is 0 Å². The summed E-state index contributed by atoms with van der Waals surface area (Å²) in [6.07, 6.45) is 2.22. The molecule has 1 heterocycles. The lowest BCUT2D eigenvalue weighted by atomic mass is 10.0. The van der Waals surface area contributed by atoms with Gasteiger partial charge in [-0.05, 0) is 47.1 Å². The minimum atomic E-state index is 0.146. The van der Waals surface area contributed by atoms with Crippen molar-refractivity contribution in [1.29, 1.82) is 0 Å². The Hall–Kier alpha value is -0.370. The zero-order valence-corrected chi connectivity index (χ0v) is 8.55. The van der Waals surface area contributed by atoms with E-state index in [-0.39, 0.29) is 11.6 Å². The molecule has 1 aliphatic rings. The number of nitrogens with zero attached hydrogens (tertiary/aromatic N) is 1. The van der Waals surface area contributed by atoms with Gasteiger partial charge in [-0.1, -0.05) is 0 Å². The number of ketones is 1. The van der Waals surface area contributed by atoms with Crippen molar-refractivity contribution in [1.82, 2.24) is 4.90 Å². The van der Waals surface area contributed by atoms with Gasteiger partial charge in [-0.2, -0.15) is 0 Å². The second-order valence-corrected chi connectivity index (χ2v) is 4.63. The van der Waals surface area contributed by atoms with Crippen molar-refractivity contribution < 1.29 is 4.79 Å². The van der Waals surface area contributed by atoms with Crippen LogP contribution in [0.25, 0.3) is 0 Å². The monoisotopic (exact) mass is 169 g/mol. The highest BCUT2D eigenvalue weighted by Crippen LogP contribution is 2.26. The van der Waals surface area contributed by atoms with E-state index in [0.717, 1.165) is 13.0 Å². The van der Waals surface area contributed by atoms with Gasteiger partial charge in [0.2, 0.25) is 0 Å². The van der Waals surface area contributed by atoms with Gasteiger partial charge in [-0.3, -0.25) is 9.69 Å². The van der Waals surface area contributed by atoms with E-state index < -0.39 is 0 Å². The number of hydrogen-bond donors (Lipinski definition) is 0. The van der Waals surface area contributed by atoms with Gasteiger partial charge in [0.1, 0.15) is 5.78 Å². The van der Waals surface area contributed by atoms with Crippen LogP contribution < -0.4 is 0 Å². The molecule has 0 aliphatic carbocycles. The molecule has 0 bridgehead atoms. The van der Waals surface area contributed by atoms with Gasteiger partial charge in [0.25, 0.3) is 0 Å². The van der Waals surface area contributed by atoms with E-state index in [1.807, 2.05) is 0 Å². The highest BCUT2D eigenvalue weighted by atomic mass is 16.1. The summed E-state index contributed by atoms with van der Waals surface area (Å²) in [5.74, 6) is 0.322. The fraction of sp³-hybridized carbons (Fsp3) is 0.900. The molecule has 0 amide bonds. The highest BCUT2D eigenvalue weighted by Gasteiger charge is 2.34. The molecule has 0 N–H and O–H groups in total. The lowest BCUT2D eigenvalue weighted by Crippen LogP contribution is -2.47. The SMILES string of the molecule is CC(=O)C1CCCN1C(C)(C)C. The Morgan fingerprint density at radius 2 is 2.00 bits per heavy atom. The van der Waals surface area contributed by atoms with Crippen LogP contribution in [-0.4, -0.2) is 28.8 Å². The van der Waals surface area contributed by atoms with Gasteiger partial charge in [0.15, 0.2) is 0 Å². The first-order valence-corrected chi connectivity index (χ1v) is 4.70. The van der Waals surface area contributed by atoms with Crippen molar-refractivity contribution in [2.45, 2.75) is 52.1 Å². The van der Waals surface area contributed by atoms with Crippen molar-refractivity contribution in [2.75, 3.05) is 6.54 Å². The standard InChI is InChI=1S/C10H19NO/c1-8(12)9-6-5-7-11(9)10(2,3)4/h9H,5-7H2,1-4H3. The summed E-state index contributed by atoms with van der Waals surface area (Å²) in [6.45, 7) is 9.30. The number of likely N-dealkylation sites (tertiary alicyclic amines) is 1. The van der Waals surface area contributed by atoms with Crippen molar-refractivity contribution in [3.63, 3.8) is 0 Å². The molecule has 12 heavy (non-hydrogen) atoms. The number of carbonyl (C=O) groups excluding carboxylic acids is 1. The van der Waals surface area contributed by atoms with E-state index in [1.165, 1.54) is 6.42 Å². The third kappa shape index (κ3) is 1.86. The summed E-state index contributed by atoms with van der Waals surface area (Å²) in [5, 5.41) is 0. The molecule has 1 unspecified atom stereocenters. The minimum absolute atomic E-state index is 0.146. The topological polar surface area (TPSA) is 20.3 Å². The maximum absolute atomic E-state index is 11.3. The maximum Gasteiger partial charge on any atom is 0.146 e. The third-order valence-corrected chi connectivity index (χ3v) is 2.58. The van der Waals surface area contributed by atoms with E-state index in [4.69, 9.17) is 0 Å². The zero-order chi connectivity index (χ0) is 9.35. The Morgan fingerprint density at radius 3 is 2.33 bits per heavy atom. The van der Waals surface area contributed by atoms with Crippen LogP contribution in [0.15, 0.2) is 0 Å². The van der Waals surface area contributed by atoms with Gasteiger partial charge in [-0.25, -0.2) is 0 Å². The van der Waals surface area contributed by atoms with Crippen LogP contribution in [-0.2, 0) is 4.79 Å². The number of hydrogen-bond acceptors (Lipinski definition) is 2. The van der Waals surface area contributed by atoms with Gasteiger partial charge in [-0.15, -0.1) is 0 Å². The van der Waals surface area contributed by atoms with E-state index in [0.29, 0.717) is 5.78 Å². The van der Waals surface area contributed by atoms with Crippen molar-refractivity contribution in [3.05, 3.63) is 0 Å². The van der Waals surface area contributed by atoms with Crippen LogP contribution in [0.4, 0.5) is 0 Å². The smallest absolute Gasteiger partial charge is 0.146 e. The molecule has 1 saturated heterocycles. The molecule has 1 aliphatic heterocycles. The molecule has 1 fully saturated rings. The fourth-order valence-corrected chi connectivity index (χ4v) is 1.99. The van der Waals surface area contributed by atoms with Gasteiger partial charge < -0.3 is 0 Å². The predicted molar refractivity (Wildman–Crippen MR) is 50.2 cm³/mol. The molecule has 2 nitrogen and oxygen atoms in total. The Kier molecular flexibility index (Phi) is 2.57. The van der Waals surface area contributed by atoms with Crippen molar-refractivity contribution in [2.24, 2.45) is 0 Å². The maximum atomic E-state index is 11.3. The van der Waals surface area contributed by atoms with Gasteiger partial charge >= 0.3 is 0 Å². The van der Waals surface area contributed by atoms with Gasteiger partial charge in [0, 0.05) is 5.54 Å². The van der Waals surface area contributed by atoms with E-state index in [9.17, 15) is 4.79 Å².